The summed E-state index contributed by atoms with van der Waals surface area (Å²) >= 11 is 5.08. The monoisotopic (exact) mass is 456 g/mol. The lowest BCUT2D eigenvalue weighted by Crippen LogP contribution is -2.54. The standard InChI is InChI=1S/C23H15F3N2O3S/c1-31-19-10-9-13-5-2-3-8-16(13)17(19)12-18-20(29)27-22(32)28(21(18)30)15-7-4-6-14(11-15)23(24,25)26/h2-12H,1H3,(H,27,29,32)/b18-12-. The highest BCUT2D eigenvalue weighted by atomic mass is 32.1. The quantitative estimate of drug-likeness (QED) is 0.353. The summed E-state index contributed by atoms with van der Waals surface area (Å²) in [6.07, 6.45) is -3.24. The van der Waals surface area contributed by atoms with Gasteiger partial charge in [0.15, 0.2) is 5.11 Å². The number of carbonyl (C=O) groups excluding carboxylic acids is 2. The molecule has 0 unspecified atom stereocenters. The molecule has 9 heteroatoms. The summed E-state index contributed by atoms with van der Waals surface area (Å²) in [7, 11) is 1.46. The van der Waals surface area contributed by atoms with E-state index in [0.29, 0.717) is 11.3 Å². The van der Waals surface area contributed by atoms with Gasteiger partial charge in [-0.15, -0.1) is 0 Å². The Labute approximate surface area is 186 Å². The van der Waals surface area contributed by atoms with Gasteiger partial charge in [-0.1, -0.05) is 36.4 Å². The van der Waals surface area contributed by atoms with E-state index in [-0.39, 0.29) is 16.4 Å². The van der Waals surface area contributed by atoms with Gasteiger partial charge in [0, 0.05) is 5.56 Å². The molecule has 0 atom stereocenters. The fourth-order valence-corrected chi connectivity index (χ4v) is 3.74. The van der Waals surface area contributed by atoms with Gasteiger partial charge in [-0.05, 0) is 53.3 Å². The lowest BCUT2D eigenvalue weighted by molar-refractivity contribution is -0.137. The third-order valence-corrected chi connectivity index (χ3v) is 5.26. The Kier molecular flexibility index (Phi) is 5.43. The average molecular weight is 456 g/mol. The third-order valence-electron chi connectivity index (χ3n) is 4.97. The van der Waals surface area contributed by atoms with Crippen LogP contribution < -0.4 is 15.0 Å². The first-order chi connectivity index (χ1) is 15.2. The van der Waals surface area contributed by atoms with E-state index >= 15 is 0 Å². The molecule has 2 amide bonds. The zero-order valence-electron chi connectivity index (χ0n) is 16.6. The van der Waals surface area contributed by atoms with Crippen LogP contribution in [-0.4, -0.2) is 24.0 Å². The molecule has 1 saturated heterocycles. The van der Waals surface area contributed by atoms with E-state index in [2.05, 4.69) is 5.32 Å². The van der Waals surface area contributed by atoms with Gasteiger partial charge < -0.3 is 4.74 Å². The van der Waals surface area contributed by atoms with E-state index in [1.54, 1.807) is 12.1 Å². The lowest BCUT2D eigenvalue weighted by atomic mass is 9.99. The van der Waals surface area contributed by atoms with Crippen molar-refractivity contribution in [2.75, 3.05) is 12.0 Å². The van der Waals surface area contributed by atoms with Crippen LogP contribution in [-0.2, 0) is 15.8 Å². The first kappa shape index (κ1) is 21.5. The van der Waals surface area contributed by atoms with Crippen LogP contribution in [0.4, 0.5) is 18.9 Å². The Balaban J connectivity index is 1.84. The van der Waals surface area contributed by atoms with Gasteiger partial charge in [0.25, 0.3) is 11.8 Å². The molecule has 5 nitrogen and oxygen atoms in total. The molecule has 32 heavy (non-hydrogen) atoms. The number of carbonyl (C=O) groups is 2. The Bertz CT molecular complexity index is 1300. The topological polar surface area (TPSA) is 58.6 Å². The molecule has 0 bridgehead atoms. The van der Waals surface area contributed by atoms with Crippen LogP contribution >= 0.6 is 12.2 Å². The van der Waals surface area contributed by atoms with Crippen molar-refractivity contribution in [2.24, 2.45) is 0 Å². The number of hydrogen-bond acceptors (Lipinski definition) is 4. The number of amides is 2. The number of halogens is 3. The summed E-state index contributed by atoms with van der Waals surface area (Å²) < 4.78 is 44.9. The molecule has 0 radical (unpaired) electrons. The number of nitrogens with one attached hydrogen (secondary N) is 1. The number of methoxy groups -OCH3 is 1. The van der Waals surface area contributed by atoms with Crippen LogP contribution in [0.1, 0.15) is 11.1 Å². The first-order valence-corrected chi connectivity index (χ1v) is 9.76. The van der Waals surface area contributed by atoms with Gasteiger partial charge in [0.1, 0.15) is 11.3 Å². The summed E-state index contributed by atoms with van der Waals surface area (Å²) in [5, 5.41) is 3.67. The van der Waals surface area contributed by atoms with Gasteiger partial charge in [-0.2, -0.15) is 13.2 Å². The Morgan fingerprint density at radius 3 is 2.50 bits per heavy atom. The second kappa shape index (κ2) is 8.08. The zero-order valence-corrected chi connectivity index (χ0v) is 17.4. The van der Waals surface area contributed by atoms with Crippen LogP contribution in [0.5, 0.6) is 5.75 Å². The molecule has 4 rings (SSSR count). The molecular weight excluding hydrogens is 441 g/mol. The predicted molar refractivity (Wildman–Crippen MR) is 118 cm³/mol. The minimum Gasteiger partial charge on any atom is -0.496 e. The fourth-order valence-electron chi connectivity index (χ4n) is 3.46. The van der Waals surface area contributed by atoms with E-state index in [4.69, 9.17) is 17.0 Å². The first-order valence-electron chi connectivity index (χ1n) is 9.35. The number of rotatable bonds is 3. The smallest absolute Gasteiger partial charge is 0.416 e. The highest BCUT2D eigenvalue weighted by Crippen LogP contribution is 2.34. The second-order valence-corrected chi connectivity index (χ2v) is 7.30. The van der Waals surface area contributed by atoms with Crippen LogP contribution in [0.3, 0.4) is 0 Å². The molecule has 0 spiro atoms. The zero-order chi connectivity index (χ0) is 23.0. The van der Waals surface area contributed by atoms with Crippen LogP contribution in [0.25, 0.3) is 16.8 Å². The summed E-state index contributed by atoms with van der Waals surface area (Å²) in [5.41, 5.74) is -0.846. The van der Waals surface area contributed by atoms with Gasteiger partial charge in [0.05, 0.1) is 18.4 Å². The van der Waals surface area contributed by atoms with Gasteiger partial charge in [0.2, 0.25) is 0 Å². The average Bonchev–Trinajstić information content (AvgIpc) is 2.76. The van der Waals surface area contributed by atoms with Crippen molar-refractivity contribution in [1.82, 2.24) is 5.32 Å². The van der Waals surface area contributed by atoms with Crippen molar-refractivity contribution < 1.29 is 27.5 Å². The second-order valence-electron chi connectivity index (χ2n) is 6.91. The number of fused-ring (bicyclic) bond motifs is 1. The molecule has 1 N–H and O–H groups in total. The number of anilines is 1. The largest absolute Gasteiger partial charge is 0.496 e. The minimum atomic E-state index is -4.60. The Hall–Kier alpha value is -3.72. The van der Waals surface area contributed by atoms with Crippen molar-refractivity contribution in [3.8, 4) is 5.75 Å². The van der Waals surface area contributed by atoms with E-state index in [9.17, 15) is 22.8 Å². The van der Waals surface area contributed by atoms with Crippen molar-refractivity contribution >= 4 is 51.7 Å². The Morgan fingerprint density at radius 2 is 1.78 bits per heavy atom. The summed E-state index contributed by atoms with van der Waals surface area (Å²) in [5.74, 6) is -1.16. The van der Waals surface area contributed by atoms with Crippen molar-refractivity contribution in [2.45, 2.75) is 6.18 Å². The van der Waals surface area contributed by atoms with Gasteiger partial charge >= 0.3 is 6.18 Å². The number of nitrogens with zero attached hydrogens (tertiary/aromatic N) is 1. The maximum atomic E-state index is 13.2. The van der Waals surface area contributed by atoms with E-state index in [0.717, 1.165) is 27.8 Å². The van der Waals surface area contributed by atoms with Gasteiger partial charge in [-0.3, -0.25) is 19.8 Å². The fraction of sp³-hybridized carbons (Fsp3) is 0.0870. The molecule has 1 aliphatic heterocycles. The molecule has 0 saturated carbocycles. The van der Waals surface area contributed by atoms with Crippen LogP contribution in [0.2, 0.25) is 0 Å². The highest BCUT2D eigenvalue weighted by molar-refractivity contribution is 7.80. The Morgan fingerprint density at radius 1 is 1.03 bits per heavy atom. The van der Waals surface area contributed by atoms with Crippen LogP contribution in [0.15, 0.2) is 66.2 Å². The molecule has 1 heterocycles. The van der Waals surface area contributed by atoms with Crippen molar-refractivity contribution in [1.29, 1.82) is 0 Å². The van der Waals surface area contributed by atoms with E-state index in [1.165, 1.54) is 25.3 Å². The van der Waals surface area contributed by atoms with E-state index in [1.807, 2.05) is 24.3 Å². The molecule has 0 aromatic heterocycles. The number of hydrogen-bond donors (Lipinski definition) is 1. The van der Waals surface area contributed by atoms with Crippen molar-refractivity contribution in [3.63, 3.8) is 0 Å². The predicted octanol–water partition coefficient (Wildman–Crippen LogP) is 4.70. The SMILES string of the molecule is COc1ccc2ccccc2c1/C=C1/C(=O)NC(=S)N(c2cccc(C(F)(F)F)c2)C1=O. The normalized spacial score (nSPS) is 15.9. The summed E-state index contributed by atoms with van der Waals surface area (Å²) in [6.45, 7) is 0. The molecule has 162 valence electrons. The van der Waals surface area contributed by atoms with Crippen LogP contribution in [0, 0.1) is 0 Å². The molecule has 3 aromatic rings. The minimum absolute atomic E-state index is 0.106. The lowest BCUT2D eigenvalue weighted by Gasteiger charge is -2.29. The number of alkyl halides is 3. The summed E-state index contributed by atoms with van der Waals surface area (Å²) in [4.78, 5) is 26.7. The molecule has 1 aliphatic rings. The third kappa shape index (κ3) is 3.82. The molecule has 3 aromatic carbocycles. The highest BCUT2D eigenvalue weighted by Gasteiger charge is 2.37. The maximum Gasteiger partial charge on any atom is 0.416 e. The summed E-state index contributed by atoms with van der Waals surface area (Å²) in [6, 6.07) is 15.0. The van der Waals surface area contributed by atoms with E-state index < -0.39 is 23.6 Å². The number of ether oxygens (including phenoxy) is 1. The maximum absolute atomic E-state index is 13.2. The molecular formula is C23H15F3N2O3S. The van der Waals surface area contributed by atoms with Gasteiger partial charge in [-0.25, -0.2) is 0 Å². The molecule has 0 aliphatic carbocycles. The molecule has 1 fully saturated rings. The number of benzene rings is 3. The van der Waals surface area contributed by atoms with Crippen molar-refractivity contribution in [3.05, 3.63) is 77.4 Å². The number of thiocarbonyl (C=S) groups is 1.